The molecule has 0 aliphatic carbocycles. The smallest absolute Gasteiger partial charge is 0.230 e. The van der Waals surface area contributed by atoms with Gasteiger partial charge in [0, 0.05) is 7.11 Å². The van der Waals surface area contributed by atoms with E-state index in [0.29, 0.717) is 12.4 Å². The number of rotatable bonds is 8. The molecule has 0 aromatic heterocycles. The number of fused-ring (bicyclic) bond motifs is 1. The van der Waals surface area contributed by atoms with Crippen LogP contribution in [0, 0.1) is 0 Å². The zero-order chi connectivity index (χ0) is 23.1. The summed E-state index contributed by atoms with van der Waals surface area (Å²) in [7, 11) is 3.23. The highest BCUT2D eigenvalue weighted by Crippen LogP contribution is 2.53. The summed E-state index contributed by atoms with van der Waals surface area (Å²) in [5.41, 5.74) is 0.401. The molecule has 3 heterocycles. The summed E-state index contributed by atoms with van der Waals surface area (Å²) in [6, 6.07) is 17.2. The molecule has 6 atom stereocenters. The van der Waals surface area contributed by atoms with Crippen molar-refractivity contribution in [2.75, 3.05) is 20.8 Å². The van der Waals surface area contributed by atoms with Crippen LogP contribution in [-0.2, 0) is 35.0 Å². The third-order valence-electron chi connectivity index (χ3n) is 6.18. The standard InChI is InChI=1S/C25H30O8/c1-24(2)23-31-21-20(28-14-16-8-6-5-7-9-16)22(29-18-12-10-17(27-4)11-13-18)30-19(15-26-3)25(21,32-23)33-24/h5-13,19-23H,14-15H2,1-4H3/t19-,20-,21-,22+,23+,25-/m1/s1. The van der Waals surface area contributed by atoms with E-state index in [4.69, 9.17) is 37.9 Å². The Labute approximate surface area is 193 Å². The molecule has 3 saturated heterocycles. The van der Waals surface area contributed by atoms with Crippen LogP contribution in [0.2, 0.25) is 0 Å². The van der Waals surface area contributed by atoms with Crippen molar-refractivity contribution in [3.63, 3.8) is 0 Å². The lowest BCUT2D eigenvalue weighted by Crippen LogP contribution is -2.69. The summed E-state index contributed by atoms with van der Waals surface area (Å²) in [6.07, 6.45) is -3.06. The van der Waals surface area contributed by atoms with E-state index >= 15 is 0 Å². The first-order valence-electron chi connectivity index (χ1n) is 11.1. The Bertz CT molecular complexity index is 933. The van der Waals surface area contributed by atoms with Crippen molar-refractivity contribution in [3.05, 3.63) is 60.2 Å². The monoisotopic (exact) mass is 458 g/mol. The van der Waals surface area contributed by atoms with E-state index in [2.05, 4.69) is 0 Å². The van der Waals surface area contributed by atoms with E-state index in [0.717, 1.165) is 11.3 Å². The molecule has 2 aromatic carbocycles. The minimum atomic E-state index is -1.15. The normalized spacial score (nSPS) is 34.1. The third-order valence-corrected chi connectivity index (χ3v) is 6.18. The summed E-state index contributed by atoms with van der Waals surface area (Å²) in [4.78, 5) is 0. The van der Waals surface area contributed by atoms with E-state index in [9.17, 15) is 0 Å². The van der Waals surface area contributed by atoms with Crippen LogP contribution < -0.4 is 9.47 Å². The molecule has 3 aliphatic rings. The van der Waals surface area contributed by atoms with Crippen molar-refractivity contribution in [1.29, 1.82) is 0 Å². The largest absolute Gasteiger partial charge is 0.497 e. The molecule has 0 unspecified atom stereocenters. The SMILES string of the molecule is COC[C@H]1O[C@H](Oc2ccc(OC)cc2)[C@H](OCc2ccccc2)[C@H]2O[C@H]3O[C@]21OC3(C)C. The average molecular weight is 459 g/mol. The van der Waals surface area contributed by atoms with Crippen LogP contribution in [0.5, 0.6) is 11.5 Å². The molecule has 33 heavy (non-hydrogen) atoms. The summed E-state index contributed by atoms with van der Waals surface area (Å²) in [5, 5.41) is 0. The van der Waals surface area contributed by atoms with Crippen molar-refractivity contribution < 1.29 is 37.9 Å². The Balaban J connectivity index is 1.44. The third kappa shape index (κ3) is 4.12. The first-order chi connectivity index (χ1) is 15.9. The number of hydrogen-bond acceptors (Lipinski definition) is 8. The first kappa shape index (κ1) is 22.6. The Morgan fingerprint density at radius 1 is 0.909 bits per heavy atom. The van der Waals surface area contributed by atoms with E-state index in [1.807, 2.05) is 68.4 Å². The van der Waals surface area contributed by atoms with Gasteiger partial charge >= 0.3 is 0 Å². The minimum Gasteiger partial charge on any atom is -0.497 e. The van der Waals surface area contributed by atoms with Crippen molar-refractivity contribution in [2.45, 2.75) is 62.7 Å². The number of ether oxygens (including phenoxy) is 8. The Kier molecular flexibility index (Phi) is 6.07. The molecule has 8 nitrogen and oxygen atoms in total. The lowest BCUT2D eigenvalue weighted by molar-refractivity contribution is -0.372. The van der Waals surface area contributed by atoms with Gasteiger partial charge in [-0.3, -0.25) is 0 Å². The fraction of sp³-hybridized carbons (Fsp3) is 0.520. The predicted molar refractivity (Wildman–Crippen MR) is 117 cm³/mol. The molecule has 0 saturated carbocycles. The Morgan fingerprint density at radius 3 is 2.30 bits per heavy atom. The van der Waals surface area contributed by atoms with E-state index < -0.39 is 42.3 Å². The molecule has 8 heteroatoms. The Hall–Kier alpha value is -2.20. The topological polar surface area (TPSA) is 73.8 Å². The average Bonchev–Trinajstić information content (AvgIpc) is 3.33. The molecule has 0 amide bonds. The number of hydrogen-bond donors (Lipinski definition) is 0. The molecule has 0 N–H and O–H groups in total. The van der Waals surface area contributed by atoms with Gasteiger partial charge in [0.15, 0.2) is 12.4 Å². The molecule has 1 spiro atoms. The van der Waals surface area contributed by atoms with Gasteiger partial charge in [-0.05, 0) is 43.7 Å². The van der Waals surface area contributed by atoms with Crippen molar-refractivity contribution in [3.8, 4) is 11.5 Å². The lowest BCUT2D eigenvalue weighted by atomic mass is 9.93. The minimum absolute atomic E-state index is 0.247. The molecule has 3 fully saturated rings. The zero-order valence-corrected chi connectivity index (χ0v) is 19.3. The molecule has 178 valence electrons. The van der Waals surface area contributed by atoms with Crippen molar-refractivity contribution >= 4 is 0 Å². The van der Waals surface area contributed by atoms with Crippen LogP contribution in [0.1, 0.15) is 19.4 Å². The molecule has 5 rings (SSSR count). The lowest BCUT2D eigenvalue weighted by Gasteiger charge is -2.49. The predicted octanol–water partition coefficient (Wildman–Crippen LogP) is 3.28. The van der Waals surface area contributed by atoms with Crippen LogP contribution in [0.4, 0.5) is 0 Å². The molecule has 0 radical (unpaired) electrons. The number of benzene rings is 2. The summed E-state index contributed by atoms with van der Waals surface area (Å²) in [6.45, 7) is 4.48. The van der Waals surface area contributed by atoms with Gasteiger partial charge in [-0.2, -0.15) is 0 Å². The van der Waals surface area contributed by atoms with Gasteiger partial charge < -0.3 is 37.9 Å². The maximum Gasteiger partial charge on any atom is 0.230 e. The van der Waals surface area contributed by atoms with Gasteiger partial charge in [0.05, 0.1) is 20.3 Å². The van der Waals surface area contributed by atoms with Gasteiger partial charge in [0.2, 0.25) is 12.1 Å². The van der Waals surface area contributed by atoms with Crippen LogP contribution in [0.15, 0.2) is 54.6 Å². The summed E-state index contributed by atoms with van der Waals surface area (Å²) in [5.74, 6) is 0.206. The molecule has 3 aliphatic heterocycles. The molecular weight excluding hydrogens is 428 g/mol. The molecule has 2 aromatic rings. The van der Waals surface area contributed by atoms with E-state index in [1.165, 1.54) is 0 Å². The fourth-order valence-electron chi connectivity index (χ4n) is 4.57. The van der Waals surface area contributed by atoms with Crippen LogP contribution in [0.25, 0.3) is 0 Å². The summed E-state index contributed by atoms with van der Waals surface area (Å²) >= 11 is 0. The second-order valence-corrected chi connectivity index (χ2v) is 8.94. The molecule has 2 bridgehead atoms. The van der Waals surface area contributed by atoms with Gasteiger partial charge in [0.25, 0.3) is 0 Å². The maximum atomic E-state index is 6.41. The Morgan fingerprint density at radius 2 is 1.64 bits per heavy atom. The van der Waals surface area contributed by atoms with E-state index in [1.54, 1.807) is 14.2 Å². The fourth-order valence-corrected chi connectivity index (χ4v) is 4.57. The first-order valence-corrected chi connectivity index (χ1v) is 11.1. The van der Waals surface area contributed by atoms with Crippen LogP contribution in [0.3, 0.4) is 0 Å². The van der Waals surface area contributed by atoms with Crippen molar-refractivity contribution in [1.82, 2.24) is 0 Å². The van der Waals surface area contributed by atoms with E-state index in [-0.39, 0.29) is 6.61 Å². The quantitative estimate of drug-likeness (QED) is 0.597. The number of methoxy groups -OCH3 is 2. The van der Waals surface area contributed by atoms with Crippen molar-refractivity contribution in [2.24, 2.45) is 0 Å². The molecular formula is C25H30O8. The highest BCUT2D eigenvalue weighted by molar-refractivity contribution is 5.31. The highest BCUT2D eigenvalue weighted by Gasteiger charge is 2.73. The zero-order valence-electron chi connectivity index (χ0n) is 19.3. The van der Waals surface area contributed by atoms with Gasteiger partial charge in [-0.15, -0.1) is 0 Å². The summed E-state index contributed by atoms with van der Waals surface area (Å²) < 4.78 is 48.7. The van der Waals surface area contributed by atoms with Gasteiger partial charge in [-0.25, -0.2) is 0 Å². The maximum absolute atomic E-state index is 6.41. The second kappa shape index (κ2) is 8.87. The van der Waals surface area contributed by atoms with Crippen LogP contribution in [-0.4, -0.2) is 63.1 Å². The van der Waals surface area contributed by atoms with Gasteiger partial charge in [0.1, 0.15) is 29.3 Å². The van der Waals surface area contributed by atoms with Gasteiger partial charge in [-0.1, -0.05) is 30.3 Å². The highest BCUT2D eigenvalue weighted by atomic mass is 16.9. The van der Waals surface area contributed by atoms with Crippen LogP contribution >= 0.6 is 0 Å². The second-order valence-electron chi connectivity index (χ2n) is 8.94.